The van der Waals surface area contributed by atoms with Crippen LogP contribution in [0.25, 0.3) is 22.0 Å². The van der Waals surface area contributed by atoms with Gasteiger partial charge in [-0.05, 0) is 30.5 Å². The molecule has 1 N–H and O–H groups in total. The molecule has 4 heterocycles. The molecule has 2 aromatic heterocycles. The van der Waals surface area contributed by atoms with Crippen LogP contribution >= 0.6 is 11.6 Å². The van der Waals surface area contributed by atoms with Gasteiger partial charge >= 0.3 is 0 Å². The summed E-state index contributed by atoms with van der Waals surface area (Å²) in [6.07, 6.45) is 6.20. The topological polar surface area (TPSA) is 91.8 Å². The molecule has 1 saturated heterocycles. The number of nitrogens with zero attached hydrogens (tertiary/aromatic N) is 2. The van der Waals surface area contributed by atoms with Gasteiger partial charge in [-0.25, -0.2) is 4.98 Å². The standard InChI is InChI=1S/C26H26ClN3O5/c1-3-18(31)8-15-4-5-33-14-20(15)30-23-10-17-12-28-19(9-16(17)13-29-23)24-25(27)21(32-2)11-22-26(24)35-7-6-34-22/h3,9-13,15,20H,1,4-8,14H2,2H3,(H,29,30)/t15-,20-/m1/s1. The highest BCUT2D eigenvalue weighted by Crippen LogP contribution is 2.48. The number of ketones is 1. The number of aromatic nitrogens is 2. The number of pyridine rings is 2. The van der Waals surface area contributed by atoms with E-state index in [0.717, 1.165) is 17.2 Å². The van der Waals surface area contributed by atoms with Crippen molar-refractivity contribution in [1.29, 1.82) is 0 Å². The number of rotatable bonds is 7. The van der Waals surface area contributed by atoms with Gasteiger partial charge in [0.25, 0.3) is 0 Å². The monoisotopic (exact) mass is 495 g/mol. The van der Waals surface area contributed by atoms with Crippen LogP contribution in [0.3, 0.4) is 0 Å². The number of halogens is 1. The molecule has 5 rings (SSSR count). The number of benzene rings is 1. The van der Waals surface area contributed by atoms with Crippen molar-refractivity contribution in [2.75, 3.05) is 38.9 Å². The van der Waals surface area contributed by atoms with Crippen LogP contribution in [0.2, 0.25) is 5.02 Å². The van der Waals surface area contributed by atoms with Crippen molar-refractivity contribution in [2.45, 2.75) is 18.9 Å². The molecule has 0 radical (unpaired) electrons. The molecular weight excluding hydrogens is 470 g/mol. The number of hydrogen-bond donors (Lipinski definition) is 1. The van der Waals surface area contributed by atoms with Crippen LogP contribution in [0.15, 0.2) is 43.2 Å². The maximum atomic E-state index is 11.9. The Morgan fingerprint density at radius 1 is 1.20 bits per heavy atom. The summed E-state index contributed by atoms with van der Waals surface area (Å²) in [5.41, 5.74) is 1.26. The van der Waals surface area contributed by atoms with Crippen molar-refractivity contribution in [3.05, 3.63) is 48.3 Å². The molecule has 8 nitrogen and oxygen atoms in total. The average Bonchev–Trinajstić information content (AvgIpc) is 2.89. The summed E-state index contributed by atoms with van der Waals surface area (Å²) in [4.78, 5) is 21.2. The number of carbonyl (C=O) groups excluding carboxylic acids is 1. The molecule has 3 aromatic rings. The molecule has 1 fully saturated rings. The van der Waals surface area contributed by atoms with E-state index in [1.54, 1.807) is 25.6 Å². The van der Waals surface area contributed by atoms with Gasteiger partial charge in [-0.3, -0.25) is 9.78 Å². The first-order valence-corrected chi connectivity index (χ1v) is 11.9. The van der Waals surface area contributed by atoms with Crippen LogP contribution < -0.4 is 19.5 Å². The second-order valence-corrected chi connectivity index (χ2v) is 8.91. The largest absolute Gasteiger partial charge is 0.495 e. The first-order chi connectivity index (χ1) is 17.1. The van der Waals surface area contributed by atoms with Gasteiger partial charge in [0.15, 0.2) is 17.3 Å². The van der Waals surface area contributed by atoms with Crippen molar-refractivity contribution in [3.8, 4) is 28.5 Å². The Labute approximate surface area is 208 Å². The number of nitrogens with one attached hydrogen (secondary N) is 1. The number of ether oxygens (including phenoxy) is 4. The minimum Gasteiger partial charge on any atom is -0.495 e. The minimum atomic E-state index is -0.0101. The lowest BCUT2D eigenvalue weighted by Crippen LogP contribution is -2.39. The van der Waals surface area contributed by atoms with E-state index < -0.39 is 0 Å². The molecule has 182 valence electrons. The van der Waals surface area contributed by atoms with Crippen molar-refractivity contribution >= 4 is 34.0 Å². The zero-order chi connectivity index (χ0) is 24.4. The van der Waals surface area contributed by atoms with Crippen LogP contribution in [-0.2, 0) is 9.53 Å². The Hall–Kier alpha value is -3.36. The molecule has 2 aliphatic heterocycles. The van der Waals surface area contributed by atoms with E-state index in [2.05, 4.69) is 21.9 Å². The fourth-order valence-electron chi connectivity index (χ4n) is 4.49. The van der Waals surface area contributed by atoms with Gasteiger partial charge in [-0.2, -0.15) is 0 Å². The second-order valence-electron chi connectivity index (χ2n) is 8.53. The van der Waals surface area contributed by atoms with E-state index in [9.17, 15) is 4.79 Å². The summed E-state index contributed by atoms with van der Waals surface area (Å²) in [5.74, 6) is 2.52. The summed E-state index contributed by atoms with van der Waals surface area (Å²) >= 11 is 6.66. The number of methoxy groups -OCH3 is 1. The number of carbonyl (C=O) groups is 1. The zero-order valence-corrected chi connectivity index (χ0v) is 20.1. The Morgan fingerprint density at radius 2 is 2.00 bits per heavy atom. The van der Waals surface area contributed by atoms with Crippen molar-refractivity contribution in [3.63, 3.8) is 0 Å². The number of allylic oxidation sites excluding steroid dienone is 1. The third-order valence-corrected chi connectivity index (χ3v) is 6.71. The van der Waals surface area contributed by atoms with Gasteiger partial charge in [0.05, 0.1) is 36.0 Å². The van der Waals surface area contributed by atoms with Gasteiger partial charge in [-0.1, -0.05) is 18.2 Å². The Balaban J connectivity index is 1.44. The third-order valence-electron chi connectivity index (χ3n) is 6.34. The van der Waals surface area contributed by atoms with Crippen LogP contribution in [0.1, 0.15) is 12.8 Å². The quantitative estimate of drug-likeness (QED) is 0.472. The molecule has 2 atom stereocenters. The third kappa shape index (κ3) is 4.76. The summed E-state index contributed by atoms with van der Waals surface area (Å²) in [6, 6.07) is 5.57. The normalized spacial score (nSPS) is 19.3. The number of fused-ring (bicyclic) bond motifs is 2. The first kappa shape index (κ1) is 23.4. The average molecular weight is 496 g/mol. The molecule has 1 aromatic carbocycles. The van der Waals surface area contributed by atoms with Gasteiger partial charge in [0.1, 0.15) is 24.8 Å². The smallest absolute Gasteiger partial charge is 0.172 e. The molecule has 2 aliphatic rings. The van der Waals surface area contributed by atoms with E-state index in [1.807, 2.05) is 12.1 Å². The molecular formula is C26H26ClN3O5. The lowest BCUT2D eigenvalue weighted by molar-refractivity contribution is -0.116. The van der Waals surface area contributed by atoms with Crippen LogP contribution in [0, 0.1) is 5.92 Å². The fraction of sp³-hybridized carbons (Fsp3) is 0.346. The maximum absolute atomic E-state index is 11.9. The van der Waals surface area contributed by atoms with Crippen LogP contribution in [0.4, 0.5) is 5.82 Å². The molecule has 0 unspecified atom stereocenters. The molecule has 0 amide bonds. The maximum Gasteiger partial charge on any atom is 0.172 e. The van der Waals surface area contributed by atoms with Crippen molar-refractivity contribution in [2.24, 2.45) is 5.92 Å². The number of anilines is 1. The van der Waals surface area contributed by atoms with Gasteiger partial charge < -0.3 is 24.3 Å². The van der Waals surface area contributed by atoms with Gasteiger partial charge in [0, 0.05) is 42.3 Å². The summed E-state index contributed by atoms with van der Waals surface area (Å²) in [6.45, 7) is 5.64. The molecule has 0 bridgehead atoms. The summed E-state index contributed by atoms with van der Waals surface area (Å²) in [7, 11) is 1.56. The minimum absolute atomic E-state index is 0.0101. The summed E-state index contributed by atoms with van der Waals surface area (Å²) in [5, 5.41) is 5.65. The highest BCUT2D eigenvalue weighted by Gasteiger charge is 2.28. The zero-order valence-electron chi connectivity index (χ0n) is 19.4. The van der Waals surface area contributed by atoms with Crippen molar-refractivity contribution in [1.82, 2.24) is 9.97 Å². The Morgan fingerprint density at radius 3 is 2.83 bits per heavy atom. The van der Waals surface area contributed by atoms with Crippen LogP contribution in [0.5, 0.6) is 17.2 Å². The Kier molecular flexibility index (Phi) is 6.74. The van der Waals surface area contributed by atoms with E-state index in [-0.39, 0.29) is 17.7 Å². The fourth-order valence-corrected chi connectivity index (χ4v) is 4.80. The highest BCUT2D eigenvalue weighted by molar-refractivity contribution is 6.35. The molecule has 0 spiro atoms. The van der Waals surface area contributed by atoms with Gasteiger partial charge in [0.2, 0.25) is 0 Å². The predicted octanol–water partition coefficient (Wildman–Crippen LogP) is 4.69. The Bertz CT molecular complexity index is 1280. The van der Waals surface area contributed by atoms with E-state index in [4.69, 9.17) is 30.5 Å². The molecule has 0 aliphatic carbocycles. The van der Waals surface area contributed by atoms with Crippen molar-refractivity contribution < 1.29 is 23.7 Å². The molecule has 9 heteroatoms. The first-order valence-electron chi connectivity index (χ1n) is 11.5. The van der Waals surface area contributed by atoms with Gasteiger partial charge in [-0.15, -0.1) is 0 Å². The number of hydrogen-bond acceptors (Lipinski definition) is 8. The second kappa shape index (κ2) is 10.1. The highest BCUT2D eigenvalue weighted by atomic mass is 35.5. The lowest BCUT2D eigenvalue weighted by Gasteiger charge is -2.32. The van der Waals surface area contributed by atoms with E-state index in [1.165, 1.54) is 6.08 Å². The predicted molar refractivity (Wildman–Crippen MR) is 134 cm³/mol. The molecule has 35 heavy (non-hydrogen) atoms. The summed E-state index contributed by atoms with van der Waals surface area (Å²) < 4.78 is 22.7. The molecule has 0 saturated carbocycles. The lowest BCUT2D eigenvalue weighted by atomic mass is 9.89. The van der Waals surface area contributed by atoms with E-state index >= 15 is 0 Å². The van der Waals surface area contributed by atoms with Crippen LogP contribution in [-0.4, -0.2) is 55.3 Å². The van der Waals surface area contributed by atoms with E-state index in [0.29, 0.717) is 72.2 Å². The SMILES string of the molecule is C=CC(=O)C[C@H]1CCOC[C@H]1Nc1cc2cnc(-c3c(Cl)c(OC)cc4c3OCCO4)cc2cn1.